The largest absolute Gasteiger partial charge is 0.489 e. The molecular weight excluding hydrogens is 427 g/mol. The average Bonchev–Trinajstić information content (AvgIpc) is 3.00. The molecule has 4 nitrogen and oxygen atoms in total. The van der Waals surface area contributed by atoms with Crippen LogP contribution in [0.3, 0.4) is 0 Å². The Kier molecular flexibility index (Phi) is 5.29. The highest BCUT2D eigenvalue weighted by molar-refractivity contribution is 6.31. The van der Waals surface area contributed by atoms with Gasteiger partial charge in [-0.3, -0.25) is 4.79 Å². The molecule has 0 bridgehead atoms. The first-order valence-electron chi connectivity index (χ1n) is 10.9. The number of carbonyl (C=O) groups is 1. The highest BCUT2D eigenvalue weighted by atomic mass is 35.5. The third kappa shape index (κ3) is 3.28. The standard InChI is InChI=1S/C26H28ClFN2O2/c1-14(2)18-9-16-13-30(22(31)19(16)11-21(18)28)23-25(3,4)24(26(23,5)6)32-17-8-7-15(12-29)20(27)10-17/h7-11,14,23-24H,13H2,1-6H3. The van der Waals surface area contributed by atoms with Crippen molar-refractivity contribution in [1.82, 2.24) is 4.90 Å². The molecule has 0 radical (unpaired) electrons. The lowest BCUT2D eigenvalue weighted by molar-refractivity contribution is -0.199. The summed E-state index contributed by atoms with van der Waals surface area (Å²) < 4.78 is 20.9. The number of carbonyl (C=O) groups excluding carboxylic acids is 1. The third-order valence-electron chi connectivity index (χ3n) is 7.06. The predicted molar refractivity (Wildman–Crippen MR) is 122 cm³/mol. The zero-order valence-electron chi connectivity index (χ0n) is 19.3. The molecule has 0 saturated heterocycles. The van der Waals surface area contributed by atoms with Crippen molar-refractivity contribution in [1.29, 1.82) is 5.26 Å². The second-order valence-electron chi connectivity index (χ2n) is 10.4. The summed E-state index contributed by atoms with van der Waals surface area (Å²) in [6, 6.07) is 10.3. The van der Waals surface area contributed by atoms with Crippen LogP contribution in [0.2, 0.25) is 5.02 Å². The number of ether oxygens (including phenoxy) is 1. The first-order valence-corrected chi connectivity index (χ1v) is 11.3. The van der Waals surface area contributed by atoms with Gasteiger partial charge in [-0.2, -0.15) is 5.26 Å². The van der Waals surface area contributed by atoms with Gasteiger partial charge in [0.25, 0.3) is 5.91 Å². The number of nitrogens with zero attached hydrogens (tertiary/aromatic N) is 2. The van der Waals surface area contributed by atoms with E-state index < -0.39 is 0 Å². The highest BCUT2D eigenvalue weighted by Crippen LogP contribution is 2.59. The van der Waals surface area contributed by atoms with Crippen molar-refractivity contribution in [3.8, 4) is 11.8 Å². The number of halogens is 2. The number of benzene rings is 2. The van der Waals surface area contributed by atoms with Gasteiger partial charge in [-0.25, -0.2) is 4.39 Å². The molecule has 2 aliphatic rings. The molecule has 2 aromatic carbocycles. The smallest absolute Gasteiger partial charge is 0.254 e. The van der Waals surface area contributed by atoms with Gasteiger partial charge in [0.2, 0.25) is 0 Å². The number of hydrogen-bond donors (Lipinski definition) is 0. The van der Waals surface area contributed by atoms with E-state index in [1.807, 2.05) is 24.8 Å². The first-order chi connectivity index (χ1) is 14.9. The zero-order valence-corrected chi connectivity index (χ0v) is 20.0. The van der Waals surface area contributed by atoms with Crippen molar-refractivity contribution in [3.05, 3.63) is 63.4 Å². The van der Waals surface area contributed by atoms with Crippen LogP contribution in [0.25, 0.3) is 0 Å². The summed E-state index contributed by atoms with van der Waals surface area (Å²) in [5.41, 5.74) is 1.70. The van der Waals surface area contributed by atoms with Gasteiger partial charge in [0.05, 0.1) is 10.6 Å². The molecule has 32 heavy (non-hydrogen) atoms. The van der Waals surface area contributed by atoms with E-state index in [-0.39, 0.29) is 40.6 Å². The molecule has 0 atom stereocenters. The van der Waals surface area contributed by atoms with E-state index in [4.69, 9.17) is 21.6 Å². The maximum absolute atomic E-state index is 14.6. The molecule has 1 heterocycles. The summed E-state index contributed by atoms with van der Waals surface area (Å²) in [5.74, 6) is 0.205. The summed E-state index contributed by atoms with van der Waals surface area (Å²) in [4.78, 5) is 15.2. The molecule has 1 saturated carbocycles. The molecule has 2 aromatic rings. The van der Waals surface area contributed by atoms with Gasteiger partial charge in [0.1, 0.15) is 23.7 Å². The Labute approximate surface area is 193 Å². The highest BCUT2D eigenvalue weighted by Gasteiger charge is 2.67. The van der Waals surface area contributed by atoms with Gasteiger partial charge in [-0.05, 0) is 35.2 Å². The zero-order chi connectivity index (χ0) is 23.6. The van der Waals surface area contributed by atoms with Gasteiger partial charge >= 0.3 is 0 Å². The van der Waals surface area contributed by atoms with Crippen LogP contribution in [0.5, 0.6) is 5.75 Å². The lowest BCUT2D eigenvalue weighted by atomic mass is 9.49. The van der Waals surface area contributed by atoms with E-state index in [2.05, 4.69) is 33.8 Å². The van der Waals surface area contributed by atoms with Crippen LogP contribution in [0.4, 0.5) is 4.39 Å². The Bertz CT molecular complexity index is 1130. The van der Waals surface area contributed by atoms with Crippen molar-refractivity contribution in [3.63, 3.8) is 0 Å². The van der Waals surface area contributed by atoms with Gasteiger partial charge in [-0.15, -0.1) is 0 Å². The summed E-state index contributed by atoms with van der Waals surface area (Å²) in [7, 11) is 0. The van der Waals surface area contributed by atoms with Crippen molar-refractivity contribution < 1.29 is 13.9 Å². The van der Waals surface area contributed by atoms with Crippen molar-refractivity contribution in [2.24, 2.45) is 10.8 Å². The molecule has 1 amide bonds. The fourth-order valence-electron chi connectivity index (χ4n) is 6.04. The van der Waals surface area contributed by atoms with E-state index in [9.17, 15) is 9.18 Å². The number of fused-ring (bicyclic) bond motifs is 1. The Hall–Kier alpha value is -2.58. The molecule has 1 aliphatic heterocycles. The third-order valence-corrected chi connectivity index (χ3v) is 7.38. The van der Waals surface area contributed by atoms with Crippen LogP contribution in [0.15, 0.2) is 30.3 Å². The molecule has 0 N–H and O–H groups in total. The minimum atomic E-state index is -0.346. The minimum Gasteiger partial charge on any atom is -0.489 e. The van der Waals surface area contributed by atoms with Crippen molar-refractivity contribution in [2.75, 3.05) is 0 Å². The van der Waals surface area contributed by atoms with E-state index in [1.165, 1.54) is 6.07 Å². The molecule has 168 valence electrons. The van der Waals surface area contributed by atoms with Crippen LogP contribution in [0.1, 0.15) is 74.5 Å². The maximum atomic E-state index is 14.6. The molecule has 0 spiro atoms. The van der Waals surface area contributed by atoms with Gasteiger partial charge in [0, 0.05) is 35.0 Å². The van der Waals surface area contributed by atoms with Gasteiger partial charge in [0.15, 0.2) is 0 Å². The predicted octanol–water partition coefficient (Wildman–Crippen LogP) is 6.31. The second kappa shape index (κ2) is 7.49. The molecule has 1 fully saturated rings. The van der Waals surface area contributed by atoms with Crippen LogP contribution >= 0.6 is 11.6 Å². The molecule has 0 unspecified atom stereocenters. The number of amides is 1. The summed E-state index contributed by atoms with van der Waals surface area (Å²) in [6.07, 6.45) is -0.177. The summed E-state index contributed by atoms with van der Waals surface area (Å²) in [5, 5.41) is 9.45. The Morgan fingerprint density at radius 1 is 1.19 bits per heavy atom. The second-order valence-corrected chi connectivity index (χ2v) is 10.8. The quantitative estimate of drug-likeness (QED) is 0.543. The Morgan fingerprint density at radius 2 is 1.84 bits per heavy atom. The first kappa shape index (κ1) is 22.6. The van der Waals surface area contributed by atoms with Gasteiger partial charge in [-0.1, -0.05) is 59.2 Å². The van der Waals surface area contributed by atoms with Gasteiger partial charge < -0.3 is 9.64 Å². The van der Waals surface area contributed by atoms with E-state index in [0.717, 1.165) is 5.56 Å². The Balaban J connectivity index is 1.61. The van der Waals surface area contributed by atoms with Crippen molar-refractivity contribution in [2.45, 2.75) is 66.2 Å². The van der Waals surface area contributed by atoms with Crippen LogP contribution in [0, 0.1) is 28.0 Å². The topological polar surface area (TPSA) is 53.3 Å². The maximum Gasteiger partial charge on any atom is 0.254 e. The lowest BCUT2D eigenvalue weighted by Crippen LogP contribution is -2.74. The normalized spacial score (nSPS) is 23.0. The fraction of sp³-hybridized carbons (Fsp3) is 0.462. The lowest BCUT2D eigenvalue weighted by Gasteiger charge is -2.65. The SMILES string of the molecule is CC(C)c1cc2c(cc1F)C(=O)N(C1C(C)(C)C(Oc3ccc(C#N)c(Cl)c3)C1(C)C)C2. The van der Waals surface area contributed by atoms with E-state index >= 15 is 0 Å². The number of hydrogen-bond acceptors (Lipinski definition) is 3. The summed E-state index contributed by atoms with van der Waals surface area (Å²) >= 11 is 6.18. The number of rotatable bonds is 4. The van der Waals surface area contributed by atoms with Crippen molar-refractivity contribution >= 4 is 17.5 Å². The monoisotopic (exact) mass is 454 g/mol. The fourth-order valence-corrected chi connectivity index (χ4v) is 6.25. The van der Waals surface area contributed by atoms with E-state index in [0.29, 0.717) is 34.0 Å². The molecule has 4 rings (SSSR count). The average molecular weight is 455 g/mol. The molecule has 0 aromatic heterocycles. The van der Waals surface area contributed by atoms with Crippen LogP contribution in [-0.4, -0.2) is 23.0 Å². The molecule has 1 aliphatic carbocycles. The summed E-state index contributed by atoms with van der Waals surface area (Å²) in [6.45, 7) is 12.7. The number of nitriles is 1. The van der Waals surface area contributed by atoms with Crippen LogP contribution < -0.4 is 4.74 Å². The molecule has 6 heteroatoms. The van der Waals surface area contributed by atoms with E-state index in [1.54, 1.807) is 18.2 Å². The van der Waals surface area contributed by atoms with Crippen LogP contribution in [-0.2, 0) is 6.54 Å². The minimum absolute atomic E-state index is 0.0538. The Morgan fingerprint density at radius 3 is 2.41 bits per heavy atom. The molecular formula is C26H28ClFN2O2.